The molecule has 0 aliphatic carbocycles. The lowest BCUT2D eigenvalue weighted by Crippen LogP contribution is -2.47. The van der Waals surface area contributed by atoms with Gasteiger partial charge in [0.1, 0.15) is 0 Å². The van der Waals surface area contributed by atoms with Crippen molar-refractivity contribution in [3.63, 3.8) is 0 Å². The molecule has 0 radical (unpaired) electrons. The van der Waals surface area contributed by atoms with Crippen molar-refractivity contribution in [2.45, 2.75) is 50.8 Å². The zero-order valence-electron chi connectivity index (χ0n) is 15.5. The van der Waals surface area contributed by atoms with Crippen molar-refractivity contribution in [3.05, 3.63) is 28.7 Å². The molecule has 0 amide bonds. The van der Waals surface area contributed by atoms with E-state index in [0.29, 0.717) is 11.2 Å². The van der Waals surface area contributed by atoms with Crippen LogP contribution < -0.4 is 5.32 Å². The second-order valence-corrected chi connectivity index (χ2v) is 9.42. The van der Waals surface area contributed by atoms with Gasteiger partial charge in [0.05, 0.1) is 6.04 Å². The Hall–Kier alpha value is -0.790. The van der Waals surface area contributed by atoms with Gasteiger partial charge in [0.25, 0.3) is 0 Å². The van der Waals surface area contributed by atoms with Crippen LogP contribution in [0.15, 0.2) is 33.8 Å². The first-order valence-electron chi connectivity index (χ1n) is 8.61. The molecule has 2 rings (SSSR count). The standard InChI is InChI=1S/C18H27BrN4S2/c1-6-9-15-18(3,7-2)25-17(21-22(4)5)23(15)16(24)20-14-11-8-10-13(19)12-14/h8,10-12,15H,6-7,9H2,1-5H3,(H,20,24). The molecule has 0 bridgehead atoms. The Labute approximate surface area is 169 Å². The number of benzene rings is 1. The van der Waals surface area contributed by atoms with Crippen molar-refractivity contribution in [2.24, 2.45) is 5.10 Å². The topological polar surface area (TPSA) is 30.9 Å². The van der Waals surface area contributed by atoms with Gasteiger partial charge in [0, 0.05) is 29.0 Å². The number of nitrogens with one attached hydrogen (secondary N) is 1. The average Bonchev–Trinajstić information content (AvgIpc) is 2.80. The summed E-state index contributed by atoms with van der Waals surface area (Å²) in [6, 6.07) is 8.40. The Morgan fingerprint density at radius 1 is 1.44 bits per heavy atom. The molecule has 138 valence electrons. The molecule has 1 aromatic rings. The maximum absolute atomic E-state index is 5.80. The second-order valence-electron chi connectivity index (χ2n) is 6.61. The fourth-order valence-electron chi connectivity index (χ4n) is 2.97. The average molecular weight is 443 g/mol. The molecule has 1 aromatic carbocycles. The molecule has 1 fully saturated rings. The van der Waals surface area contributed by atoms with Crippen molar-refractivity contribution in [3.8, 4) is 0 Å². The number of thiocarbonyl (C=S) groups is 1. The van der Waals surface area contributed by atoms with E-state index in [2.05, 4.69) is 46.9 Å². The summed E-state index contributed by atoms with van der Waals surface area (Å²) >= 11 is 11.1. The molecule has 7 heteroatoms. The van der Waals surface area contributed by atoms with Crippen molar-refractivity contribution in [1.82, 2.24) is 9.91 Å². The number of anilines is 1. The molecule has 1 saturated heterocycles. The highest BCUT2D eigenvalue weighted by molar-refractivity contribution is 9.10. The van der Waals surface area contributed by atoms with E-state index in [9.17, 15) is 0 Å². The Morgan fingerprint density at radius 3 is 2.72 bits per heavy atom. The van der Waals surface area contributed by atoms with Crippen LogP contribution in [0.4, 0.5) is 5.69 Å². The summed E-state index contributed by atoms with van der Waals surface area (Å²) in [7, 11) is 3.90. The summed E-state index contributed by atoms with van der Waals surface area (Å²) in [5.74, 6) is 0. The van der Waals surface area contributed by atoms with Crippen LogP contribution in [0.25, 0.3) is 0 Å². The summed E-state index contributed by atoms with van der Waals surface area (Å²) in [5, 5.41) is 11.6. The minimum atomic E-state index is 0.105. The molecule has 0 spiro atoms. The highest BCUT2D eigenvalue weighted by Crippen LogP contribution is 2.46. The van der Waals surface area contributed by atoms with E-state index in [4.69, 9.17) is 17.3 Å². The molecule has 2 unspecified atom stereocenters. The predicted molar refractivity (Wildman–Crippen MR) is 118 cm³/mol. The van der Waals surface area contributed by atoms with Crippen LogP contribution in [0.5, 0.6) is 0 Å². The largest absolute Gasteiger partial charge is 0.332 e. The van der Waals surface area contributed by atoms with Crippen molar-refractivity contribution < 1.29 is 0 Å². The van der Waals surface area contributed by atoms with Gasteiger partial charge in [-0.3, -0.25) is 4.90 Å². The number of hydrogen-bond acceptors (Lipinski definition) is 4. The Bertz CT molecular complexity index is 650. The van der Waals surface area contributed by atoms with Crippen LogP contribution in [-0.2, 0) is 0 Å². The van der Waals surface area contributed by atoms with Crippen LogP contribution in [0.3, 0.4) is 0 Å². The van der Waals surface area contributed by atoms with Crippen LogP contribution in [-0.4, -0.2) is 45.1 Å². The fourth-order valence-corrected chi connectivity index (χ4v) is 5.20. The number of thioether (sulfide) groups is 1. The maximum atomic E-state index is 5.80. The van der Waals surface area contributed by atoms with Gasteiger partial charge in [-0.2, -0.15) is 5.10 Å². The minimum Gasteiger partial charge on any atom is -0.332 e. The number of rotatable bonds is 5. The molecular weight excluding hydrogens is 416 g/mol. The summed E-state index contributed by atoms with van der Waals surface area (Å²) in [6.45, 7) is 6.80. The highest BCUT2D eigenvalue weighted by Gasteiger charge is 2.48. The molecular formula is C18H27BrN4S2. The lowest BCUT2D eigenvalue weighted by molar-refractivity contribution is 0.334. The van der Waals surface area contributed by atoms with Crippen molar-refractivity contribution in [2.75, 3.05) is 19.4 Å². The Morgan fingerprint density at radius 2 is 2.16 bits per heavy atom. The molecule has 25 heavy (non-hydrogen) atoms. The quantitative estimate of drug-likeness (QED) is 0.489. The molecule has 4 nitrogen and oxygen atoms in total. The number of halogens is 1. The smallest absolute Gasteiger partial charge is 0.190 e. The van der Waals surface area contributed by atoms with Gasteiger partial charge < -0.3 is 10.3 Å². The van der Waals surface area contributed by atoms with Gasteiger partial charge >= 0.3 is 0 Å². The van der Waals surface area contributed by atoms with E-state index in [-0.39, 0.29) is 4.75 Å². The first-order chi connectivity index (χ1) is 11.8. The van der Waals surface area contributed by atoms with E-state index in [1.54, 1.807) is 0 Å². The number of amidine groups is 1. The van der Waals surface area contributed by atoms with E-state index in [0.717, 1.165) is 34.6 Å². The SMILES string of the molecule is CCCC1N(C(=S)Nc2cccc(Br)c2)C(=NN(C)C)SC1(C)CC. The van der Waals surface area contributed by atoms with Gasteiger partial charge in [-0.05, 0) is 50.2 Å². The van der Waals surface area contributed by atoms with E-state index in [1.165, 1.54) is 0 Å². The predicted octanol–water partition coefficient (Wildman–Crippen LogP) is 5.36. The zero-order valence-corrected chi connectivity index (χ0v) is 18.8. The summed E-state index contributed by atoms with van der Waals surface area (Å²) in [6.07, 6.45) is 3.28. The van der Waals surface area contributed by atoms with E-state index >= 15 is 0 Å². The normalized spacial score (nSPS) is 24.6. The van der Waals surface area contributed by atoms with Crippen LogP contribution in [0, 0.1) is 0 Å². The Kier molecular flexibility index (Phi) is 7.17. The monoisotopic (exact) mass is 442 g/mol. The molecule has 1 heterocycles. The molecule has 1 N–H and O–H groups in total. The summed E-state index contributed by atoms with van der Waals surface area (Å²) in [4.78, 5) is 2.22. The van der Waals surface area contributed by atoms with Crippen molar-refractivity contribution >= 4 is 55.9 Å². The summed E-state index contributed by atoms with van der Waals surface area (Å²) in [5.41, 5.74) is 0.980. The summed E-state index contributed by atoms with van der Waals surface area (Å²) < 4.78 is 1.13. The lowest BCUT2D eigenvalue weighted by atomic mass is 9.93. The van der Waals surface area contributed by atoms with Gasteiger partial charge in [-0.15, -0.1) is 0 Å². The molecule has 1 aliphatic heterocycles. The third-order valence-electron chi connectivity index (χ3n) is 4.39. The van der Waals surface area contributed by atoms with Gasteiger partial charge in [0.15, 0.2) is 10.3 Å². The third kappa shape index (κ3) is 4.89. The molecule has 1 aliphatic rings. The van der Waals surface area contributed by atoms with Crippen LogP contribution in [0.2, 0.25) is 0 Å². The number of hydrogen-bond donors (Lipinski definition) is 1. The van der Waals surface area contributed by atoms with Gasteiger partial charge in [-0.25, -0.2) is 0 Å². The third-order valence-corrected chi connectivity index (χ3v) is 6.67. The fraction of sp³-hybridized carbons (Fsp3) is 0.556. The van der Waals surface area contributed by atoms with Crippen LogP contribution in [0.1, 0.15) is 40.0 Å². The van der Waals surface area contributed by atoms with E-state index < -0.39 is 0 Å². The lowest BCUT2D eigenvalue weighted by Gasteiger charge is -2.34. The number of nitrogens with zero attached hydrogens (tertiary/aromatic N) is 3. The minimum absolute atomic E-state index is 0.105. The maximum Gasteiger partial charge on any atom is 0.190 e. The zero-order chi connectivity index (χ0) is 18.6. The van der Waals surface area contributed by atoms with E-state index in [1.807, 2.05) is 55.1 Å². The molecule has 0 aromatic heterocycles. The second kappa shape index (κ2) is 8.73. The van der Waals surface area contributed by atoms with Crippen molar-refractivity contribution in [1.29, 1.82) is 0 Å². The first-order valence-corrected chi connectivity index (χ1v) is 10.6. The molecule has 2 atom stereocenters. The van der Waals surface area contributed by atoms with Crippen LogP contribution >= 0.6 is 39.9 Å². The highest BCUT2D eigenvalue weighted by atomic mass is 79.9. The molecule has 0 saturated carbocycles. The van der Waals surface area contributed by atoms with Gasteiger partial charge in [-0.1, -0.05) is 54.0 Å². The first kappa shape index (κ1) is 20.5. The number of hydrazone groups is 1. The Balaban J connectivity index is 2.35. The van der Waals surface area contributed by atoms with Gasteiger partial charge in [0.2, 0.25) is 0 Å².